The number of fused-ring (bicyclic) bond motifs is 2. The number of halogens is 3. The second kappa shape index (κ2) is 11.8. The summed E-state index contributed by atoms with van der Waals surface area (Å²) in [5.74, 6) is -4.67. The molecule has 0 radical (unpaired) electrons. The average molecular weight is 674 g/mol. The van der Waals surface area contributed by atoms with Gasteiger partial charge in [0.15, 0.2) is 5.43 Å². The molecule has 0 atom stereocenters. The summed E-state index contributed by atoms with van der Waals surface area (Å²) in [5.41, 5.74) is -0.632. The number of hydrogen-bond donors (Lipinski definition) is 3. The first-order chi connectivity index (χ1) is 22.9. The number of anilines is 2. The monoisotopic (exact) mass is 673 g/mol. The lowest BCUT2D eigenvalue weighted by Gasteiger charge is -2.18. The molecule has 1 saturated carbocycles. The molecule has 2 aromatic heterocycles. The van der Waals surface area contributed by atoms with Gasteiger partial charge in [-0.3, -0.25) is 9.78 Å². The minimum atomic E-state index is -4.28. The highest BCUT2D eigenvalue weighted by Crippen LogP contribution is 2.38. The summed E-state index contributed by atoms with van der Waals surface area (Å²) in [6.45, 7) is 0. The molecule has 1 fully saturated rings. The minimum absolute atomic E-state index is 0.0356. The Bertz CT molecular complexity index is 2450. The van der Waals surface area contributed by atoms with E-state index >= 15 is 4.39 Å². The van der Waals surface area contributed by atoms with Gasteiger partial charge in [-0.25, -0.2) is 31.1 Å². The van der Waals surface area contributed by atoms with Crippen LogP contribution in [0.3, 0.4) is 0 Å². The van der Waals surface area contributed by atoms with Crippen molar-refractivity contribution in [3.05, 3.63) is 118 Å². The minimum Gasteiger partial charge on any atom is -0.478 e. The van der Waals surface area contributed by atoms with Crippen molar-refractivity contribution in [1.29, 1.82) is 0 Å². The lowest BCUT2D eigenvalue weighted by atomic mass is 10.0. The number of pyridine rings is 1. The van der Waals surface area contributed by atoms with E-state index in [0.717, 1.165) is 36.5 Å². The van der Waals surface area contributed by atoms with Crippen molar-refractivity contribution in [2.24, 2.45) is 0 Å². The molecule has 1 aliphatic carbocycles. The summed E-state index contributed by atoms with van der Waals surface area (Å²) in [6, 6.07) is 14.6. The fraction of sp³-hybridized carbons (Fsp3) is 0.0882. The van der Waals surface area contributed by atoms with Crippen LogP contribution < -0.4 is 20.2 Å². The molecule has 0 amide bonds. The van der Waals surface area contributed by atoms with Crippen LogP contribution in [-0.2, 0) is 10.0 Å². The number of hydrogen-bond acceptors (Lipinski definition) is 8. The van der Waals surface area contributed by atoms with Crippen molar-refractivity contribution < 1.29 is 40.6 Å². The normalized spacial score (nSPS) is 13.1. The molecule has 1 aliphatic rings. The third-order valence-corrected chi connectivity index (χ3v) is 9.09. The lowest BCUT2D eigenvalue weighted by Crippen LogP contribution is -2.26. The van der Waals surface area contributed by atoms with Gasteiger partial charge in [-0.2, -0.15) is 0 Å². The zero-order valence-corrected chi connectivity index (χ0v) is 25.3. The molecule has 2 heterocycles. The number of ether oxygens (including phenoxy) is 1. The highest BCUT2D eigenvalue weighted by molar-refractivity contribution is 7.89. The van der Waals surface area contributed by atoms with Gasteiger partial charge >= 0.3 is 5.97 Å². The zero-order valence-electron chi connectivity index (χ0n) is 24.5. The van der Waals surface area contributed by atoms with Crippen LogP contribution in [0.25, 0.3) is 33.0 Å². The van der Waals surface area contributed by atoms with Crippen molar-refractivity contribution in [2.45, 2.75) is 23.8 Å². The number of para-hydroxylation sites is 1. The first-order valence-corrected chi connectivity index (χ1v) is 15.9. The summed E-state index contributed by atoms with van der Waals surface area (Å²) in [7, 11) is -4.28. The smallest absolute Gasteiger partial charge is 0.335 e. The predicted octanol–water partition coefficient (Wildman–Crippen LogP) is 7.10. The number of aromatic nitrogens is 1. The van der Waals surface area contributed by atoms with E-state index in [0.29, 0.717) is 24.5 Å². The maximum atomic E-state index is 16.2. The van der Waals surface area contributed by atoms with Gasteiger partial charge in [-0.15, -0.1) is 0 Å². The Kier molecular flexibility index (Phi) is 7.60. The van der Waals surface area contributed by atoms with Crippen LogP contribution in [0.15, 0.2) is 99.4 Å². The van der Waals surface area contributed by atoms with Gasteiger partial charge in [-0.1, -0.05) is 12.1 Å². The topological polar surface area (TPSA) is 148 Å². The maximum absolute atomic E-state index is 16.2. The molecule has 3 N–H and O–H groups in total. The van der Waals surface area contributed by atoms with Crippen LogP contribution in [0.2, 0.25) is 0 Å². The Hall–Kier alpha value is -5.73. The van der Waals surface area contributed by atoms with Crippen LogP contribution in [0.5, 0.6) is 11.5 Å². The number of nitrogens with zero attached hydrogens (tertiary/aromatic N) is 1. The van der Waals surface area contributed by atoms with Crippen LogP contribution in [0.1, 0.15) is 23.2 Å². The highest BCUT2D eigenvalue weighted by Gasteiger charge is 2.31. The van der Waals surface area contributed by atoms with Crippen LogP contribution in [0, 0.1) is 17.5 Å². The standard InChI is InChI=1S/C34H22F3N3O7S/c35-19-11-20(36)13-24(12-19)47-23-8-18(34(42)43)7-22(14-23)39-32-30(48(44,45)40-21-5-6-21)15-38-28-10-17(9-27(37)31(28)32)26-16-46-29-4-2-1-3-25(29)33(26)41/h1-4,7-16,21,40H,5-6H2,(H,38,39)(H,42,43). The quantitative estimate of drug-likeness (QED) is 0.146. The molecular weight excluding hydrogens is 651 g/mol. The molecule has 48 heavy (non-hydrogen) atoms. The second-order valence-corrected chi connectivity index (χ2v) is 12.8. The largest absolute Gasteiger partial charge is 0.478 e. The number of benzene rings is 4. The van der Waals surface area contributed by atoms with E-state index < -0.39 is 43.8 Å². The molecule has 14 heteroatoms. The van der Waals surface area contributed by atoms with Gasteiger partial charge in [0.1, 0.15) is 45.7 Å². The fourth-order valence-electron chi connectivity index (χ4n) is 5.22. The SMILES string of the molecule is O=C(O)c1cc(Nc2c(S(=O)(=O)NC3CC3)cnc3cc(-c4coc5ccccc5c4=O)cc(F)c23)cc(Oc2cc(F)cc(F)c2)c1. The summed E-state index contributed by atoms with van der Waals surface area (Å²) in [6.07, 6.45) is 3.44. The third kappa shape index (κ3) is 6.06. The van der Waals surface area contributed by atoms with E-state index in [9.17, 15) is 31.9 Å². The summed E-state index contributed by atoms with van der Waals surface area (Å²) in [4.78, 5) is 29.1. The molecule has 0 unspecified atom stereocenters. The first-order valence-electron chi connectivity index (χ1n) is 14.4. The number of nitrogens with one attached hydrogen (secondary N) is 2. The van der Waals surface area contributed by atoms with E-state index in [-0.39, 0.29) is 61.9 Å². The summed E-state index contributed by atoms with van der Waals surface area (Å²) < 4.78 is 84.5. The number of rotatable bonds is 9. The van der Waals surface area contributed by atoms with Crippen LogP contribution >= 0.6 is 0 Å². The number of sulfonamides is 1. The van der Waals surface area contributed by atoms with E-state index in [2.05, 4.69) is 15.0 Å². The van der Waals surface area contributed by atoms with Crippen molar-refractivity contribution in [2.75, 3.05) is 5.32 Å². The Labute approximate surface area is 269 Å². The number of carboxylic acid groups (broad SMARTS) is 1. The van der Waals surface area contributed by atoms with Crippen LogP contribution in [0.4, 0.5) is 24.5 Å². The Balaban J connectivity index is 1.38. The maximum Gasteiger partial charge on any atom is 0.335 e. The van der Waals surface area contributed by atoms with Crippen molar-refractivity contribution in [3.8, 4) is 22.6 Å². The van der Waals surface area contributed by atoms with Gasteiger partial charge in [-0.05, 0) is 54.8 Å². The molecular formula is C34H22F3N3O7S. The molecule has 10 nitrogen and oxygen atoms in total. The number of carboxylic acids is 1. The Morgan fingerprint density at radius 3 is 2.42 bits per heavy atom. The molecule has 6 aromatic rings. The molecule has 7 rings (SSSR count). The van der Waals surface area contributed by atoms with Crippen LogP contribution in [-0.4, -0.2) is 30.5 Å². The molecule has 0 aliphatic heterocycles. The molecule has 0 bridgehead atoms. The Morgan fingerprint density at radius 2 is 1.69 bits per heavy atom. The molecule has 242 valence electrons. The summed E-state index contributed by atoms with van der Waals surface area (Å²) >= 11 is 0. The highest BCUT2D eigenvalue weighted by atomic mass is 32.2. The van der Waals surface area contributed by atoms with E-state index in [4.69, 9.17) is 9.15 Å². The van der Waals surface area contributed by atoms with Gasteiger partial charge in [0.05, 0.1) is 33.1 Å². The number of aromatic carboxylic acids is 1. The fourth-order valence-corrected chi connectivity index (χ4v) is 6.64. The van der Waals surface area contributed by atoms with Crippen molar-refractivity contribution >= 4 is 49.2 Å². The molecule has 0 spiro atoms. The van der Waals surface area contributed by atoms with E-state index in [1.54, 1.807) is 24.3 Å². The molecule has 4 aromatic carbocycles. The van der Waals surface area contributed by atoms with Gasteiger partial charge in [0.25, 0.3) is 0 Å². The van der Waals surface area contributed by atoms with E-state index in [1.807, 2.05) is 0 Å². The second-order valence-electron chi connectivity index (χ2n) is 11.1. The van der Waals surface area contributed by atoms with Crippen molar-refractivity contribution in [3.63, 3.8) is 0 Å². The van der Waals surface area contributed by atoms with Gasteiger partial charge in [0, 0.05) is 42.2 Å². The van der Waals surface area contributed by atoms with Crippen molar-refractivity contribution in [1.82, 2.24) is 9.71 Å². The third-order valence-electron chi connectivity index (χ3n) is 7.56. The molecule has 0 saturated heterocycles. The van der Waals surface area contributed by atoms with E-state index in [1.165, 1.54) is 18.4 Å². The lowest BCUT2D eigenvalue weighted by molar-refractivity contribution is 0.0696. The van der Waals surface area contributed by atoms with Gasteiger partial charge in [0.2, 0.25) is 10.0 Å². The average Bonchev–Trinajstić information content (AvgIpc) is 3.84. The zero-order chi connectivity index (χ0) is 33.7. The first kappa shape index (κ1) is 30.9. The van der Waals surface area contributed by atoms with Gasteiger partial charge < -0.3 is 19.6 Å². The Morgan fingerprint density at radius 1 is 0.958 bits per heavy atom. The number of carbonyl (C=O) groups is 1. The summed E-state index contributed by atoms with van der Waals surface area (Å²) in [5, 5.41) is 12.6. The predicted molar refractivity (Wildman–Crippen MR) is 170 cm³/mol.